The Labute approximate surface area is 129 Å². The second kappa shape index (κ2) is 6.71. The molecule has 120 valence electrons. The van der Waals surface area contributed by atoms with Crippen molar-refractivity contribution in [2.75, 3.05) is 32.7 Å². The van der Waals surface area contributed by atoms with Crippen molar-refractivity contribution < 1.29 is 13.6 Å². The topological polar surface area (TPSA) is 35.6 Å². The number of nitrogens with zero attached hydrogens (tertiary/aromatic N) is 2. The number of nitrogens with one attached hydrogen (secondary N) is 1. The zero-order valence-electron chi connectivity index (χ0n) is 12.5. The van der Waals surface area contributed by atoms with Gasteiger partial charge in [-0.1, -0.05) is 12.1 Å². The fourth-order valence-corrected chi connectivity index (χ4v) is 2.72. The van der Waals surface area contributed by atoms with Gasteiger partial charge in [-0.25, -0.2) is 8.78 Å². The normalized spacial score (nSPS) is 20.1. The molecular weight excluding hydrogens is 288 g/mol. The Morgan fingerprint density at radius 3 is 2.50 bits per heavy atom. The van der Waals surface area contributed by atoms with E-state index in [-0.39, 0.29) is 5.91 Å². The van der Waals surface area contributed by atoms with Gasteiger partial charge in [-0.05, 0) is 18.9 Å². The lowest BCUT2D eigenvalue weighted by molar-refractivity contribution is -0.122. The van der Waals surface area contributed by atoms with Gasteiger partial charge >= 0.3 is 0 Å². The highest BCUT2D eigenvalue weighted by Gasteiger charge is 2.25. The summed E-state index contributed by atoms with van der Waals surface area (Å²) in [6.45, 7) is 3.90. The molecule has 2 aliphatic rings. The molecular formula is C16H21F2N3O. The van der Waals surface area contributed by atoms with Gasteiger partial charge in [-0.2, -0.15) is 0 Å². The van der Waals surface area contributed by atoms with Gasteiger partial charge in [0.05, 0.1) is 6.54 Å². The van der Waals surface area contributed by atoms with E-state index >= 15 is 0 Å². The maximum absolute atomic E-state index is 13.7. The highest BCUT2D eigenvalue weighted by atomic mass is 19.2. The minimum atomic E-state index is -0.798. The van der Waals surface area contributed by atoms with Crippen molar-refractivity contribution in [2.45, 2.75) is 25.4 Å². The third-order valence-corrected chi connectivity index (χ3v) is 4.20. The largest absolute Gasteiger partial charge is 0.352 e. The van der Waals surface area contributed by atoms with Crippen LogP contribution in [0.2, 0.25) is 0 Å². The Bertz CT molecular complexity index is 540. The Kier molecular flexibility index (Phi) is 4.69. The van der Waals surface area contributed by atoms with Crippen LogP contribution < -0.4 is 5.32 Å². The van der Waals surface area contributed by atoms with E-state index in [4.69, 9.17) is 0 Å². The lowest BCUT2D eigenvalue weighted by atomic mass is 10.1. The van der Waals surface area contributed by atoms with E-state index in [1.807, 2.05) is 0 Å². The van der Waals surface area contributed by atoms with Crippen LogP contribution in [0.25, 0.3) is 0 Å². The van der Waals surface area contributed by atoms with E-state index in [2.05, 4.69) is 15.1 Å². The molecule has 1 N–H and O–H groups in total. The van der Waals surface area contributed by atoms with Crippen molar-refractivity contribution in [2.24, 2.45) is 0 Å². The molecule has 1 saturated heterocycles. The molecule has 1 saturated carbocycles. The average molecular weight is 309 g/mol. The van der Waals surface area contributed by atoms with Crippen molar-refractivity contribution in [3.63, 3.8) is 0 Å². The van der Waals surface area contributed by atoms with Crippen LogP contribution in [0.5, 0.6) is 0 Å². The first-order valence-electron chi connectivity index (χ1n) is 7.79. The second-order valence-electron chi connectivity index (χ2n) is 6.11. The number of hydrogen-bond donors (Lipinski definition) is 1. The molecule has 0 aromatic heterocycles. The van der Waals surface area contributed by atoms with Crippen LogP contribution in [0.15, 0.2) is 18.2 Å². The second-order valence-corrected chi connectivity index (χ2v) is 6.11. The number of carbonyl (C=O) groups is 1. The molecule has 0 atom stereocenters. The molecule has 1 amide bonds. The molecule has 0 radical (unpaired) electrons. The summed E-state index contributed by atoms with van der Waals surface area (Å²) in [5, 5.41) is 2.98. The number of amides is 1. The molecule has 1 aliphatic carbocycles. The quantitative estimate of drug-likeness (QED) is 0.892. The molecule has 0 unspecified atom stereocenters. The van der Waals surface area contributed by atoms with Crippen molar-refractivity contribution in [3.8, 4) is 0 Å². The van der Waals surface area contributed by atoms with Crippen molar-refractivity contribution >= 4 is 5.91 Å². The van der Waals surface area contributed by atoms with E-state index in [0.29, 0.717) is 24.7 Å². The lowest BCUT2D eigenvalue weighted by Crippen LogP contribution is -2.49. The molecule has 1 aliphatic heterocycles. The first kappa shape index (κ1) is 15.4. The summed E-state index contributed by atoms with van der Waals surface area (Å²) in [4.78, 5) is 16.0. The van der Waals surface area contributed by atoms with E-state index < -0.39 is 11.6 Å². The number of carbonyl (C=O) groups excluding carboxylic acids is 1. The van der Waals surface area contributed by atoms with E-state index in [0.717, 1.165) is 45.1 Å². The van der Waals surface area contributed by atoms with Gasteiger partial charge in [0, 0.05) is 44.3 Å². The predicted octanol–water partition coefficient (Wildman–Crippen LogP) is 1.36. The first-order chi connectivity index (χ1) is 10.6. The molecule has 1 aromatic carbocycles. The predicted molar refractivity (Wildman–Crippen MR) is 79.2 cm³/mol. The molecule has 2 fully saturated rings. The zero-order valence-corrected chi connectivity index (χ0v) is 12.5. The van der Waals surface area contributed by atoms with Crippen LogP contribution in [-0.4, -0.2) is 54.5 Å². The minimum absolute atomic E-state index is 0.0899. The first-order valence-corrected chi connectivity index (χ1v) is 7.79. The summed E-state index contributed by atoms with van der Waals surface area (Å²) in [6.07, 6.45) is 2.19. The van der Waals surface area contributed by atoms with Crippen LogP contribution in [0.4, 0.5) is 8.78 Å². The van der Waals surface area contributed by atoms with Crippen molar-refractivity contribution in [1.82, 2.24) is 15.1 Å². The van der Waals surface area contributed by atoms with Crippen LogP contribution in [-0.2, 0) is 11.3 Å². The summed E-state index contributed by atoms with van der Waals surface area (Å²) in [5.74, 6) is -1.46. The highest BCUT2D eigenvalue weighted by molar-refractivity contribution is 5.78. The van der Waals surface area contributed by atoms with Crippen LogP contribution >= 0.6 is 0 Å². The Morgan fingerprint density at radius 2 is 1.82 bits per heavy atom. The Morgan fingerprint density at radius 1 is 1.14 bits per heavy atom. The number of rotatable bonds is 5. The van der Waals surface area contributed by atoms with Crippen LogP contribution in [0, 0.1) is 11.6 Å². The SMILES string of the molecule is O=C(CN1CCN(Cc2cccc(F)c2F)CC1)NC1CC1. The fourth-order valence-electron chi connectivity index (χ4n) is 2.72. The Balaban J connectivity index is 1.45. The molecule has 22 heavy (non-hydrogen) atoms. The summed E-state index contributed by atoms with van der Waals surface area (Å²) in [5.41, 5.74) is 0.389. The third kappa shape index (κ3) is 4.01. The fraction of sp³-hybridized carbons (Fsp3) is 0.562. The van der Waals surface area contributed by atoms with Crippen LogP contribution in [0.1, 0.15) is 18.4 Å². The lowest BCUT2D eigenvalue weighted by Gasteiger charge is -2.34. The van der Waals surface area contributed by atoms with Gasteiger partial charge in [0.15, 0.2) is 11.6 Å². The van der Waals surface area contributed by atoms with Crippen molar-refractivity contribution in [1.29, 1.82) is 0 Å². The standard InChI is InChI=1S/C16H21F2N3O/c17-14-3-1-2-12(16(14)18)10-20-6-8-21(9-7-20)11-15(22)19-13-4-5-13/h1-3,13H,4-11H2,(H,19,22). The zero-order chi connectivity index (χ0) is 15.5. The maximum atomic E-state index is 13.7. The Hall–Kier alpha value is -1.53. The molecule has 0 bridgehead atoms. The summed E-state index contributed by atoms with van der Waals surface area (Å²) in [6, 6.07) is 4.68. The minimum Gasteiger partial charge on any atom is -0.352 e. The number of hydrogen-bond acceptors (Lipinski definition) is 3. The summed E-state index contributed by atoms with van der Waals surface area (Å²) < 4.78 is 26.9. The summed E-state index contributed by atoms with van der Waals surface area (Å²) >= 11 is 0. The molecule has 3 rings (SSSR count). The maximum Gasteiger partial charge on any atom is 0.234 e. The van der Waals surface area contributed by atoms with Gasteiger partial charge in [0.2, 0.25) is 5.91 Å². The smallest absolute Gasteiger partial charge is 0.234 e. The van der Waals surface area contributed by atoms with Gasteiger partial charge in [-0.3, -0.25) is 14.6 Å². The molecule has 4 nitrogen and oxygen atoms in total. The number of halogens is 2. The van der Waals surface area contributed by atoms with E-state index in [1.54, 1.807) is 6.07 Å². The number of benzene rings is 1. The molecule has 6 heteroatoms. The van der Waals surface area contributed by atoms with Gasteiger partial charge in [0.25, 0.3) is 0 Å². The van der Waals surface area contributed by atoms with Crippen molar-refractivity contribution in [3.05, 3.63) is 35.4 Å². The van der Waals surface area contributed by atoms with Gasteiger partial charge < -0.3 is 5.32 Å². The van der Waals surface area contributed by atoms with Gasteiger partial charge in [0.1, 0.15) is 0 Å². The highest BCUT2D eigenvalue weighted by Crippen LogP contribution is 2.18. The molecule has 1 heterocycles. The third-order valence-electron chi connectivity index (χ3n) is 4.20. The van der Waals surface area contributed by atoms with Crippen LogP contribution in [0.3, 0.4) is 0 Å². The molecule has 1 aromatic rings. The average Bonchev–Trinajstić information content (AvgIpc) is 3.30. The van der Waals surface area contributed by atoms with E-state index in [9.17, 15) is 13.6 Å². The monoisotopic (exact) mass is 309 g/mol. The summed E-state index contributed by atoms with van der Waals surface area (Å²) in [7, 11) is 0. The van der Waals surface area contributed by atoms with Gasteiger partial charge in [-0.15, -0.1) is 0 Å². The van der Waals surface area contributed by atoms with E-state index in [1.165, 1.54) is 6.07 Å². The molecule has 0 spiro atoms. The number of piperazine rings is 1.